The van der Waals surface area contributed by atoms with E-state index in [1.165, 1.54) is 38.4 Å². The van der Waals surface area contributed by atoms with Crippen LogP contribution in [-0.2, 0) is 15.7 Å². The molecule has 1 saturated heterocycles. The molecule has 2 rings (SSSR count). The summed E-state index contributed by atoms with van der Waals surface area (Å²) in [5, 5.41) is 13.3. The van der Waals surface area contributed by atoms with Crippen LogP contribution in [0.5, 0.6) is 0 Å². The van der Waals surface area contributed by atoms with Gasteiger partial charge in [0.15, 0.2) is 0 Å². The van der Waals surface area contributed by atoms with Gasteiger partial charge in [-0.15, -0.1) is 5.92 Å². The van der Waals surface area contributed by atoms with Crippen LogP contribution >= 0.6 is 0 Å². The fraction of sp³-hybridized carbons (Fsp3) is 0.600. The van der Waals surface area contributed by atoms with Gasteiger partial charge in [-0.2, -0.15) is 13.2 Å². The second-order valence-corrected chi connectivity index (χ2v) is 7.52. The zero-order valence-corrected chi connectivity index (χ0v) is 20.8. The van der Waals surface area contributed by atoms with Crippen LogP contribution in [0.3, 0.4) is 0 Å². The Morgan fingerprint density at radius 1 is 1.29 bits per heavy atom. The smallest absolute Gasteiger partial charge is 0.384 e. The minimum atomic E-state index is -4.49. The van der Waals surface area contributed by atoms with E-state index in [0.29, 0.717) is 6.29 Å². The number of hydrogen-bond acceptors (Lipinski definition) is 6. The van der Waals surface area contributed by atoms with Crippen LogP contribution in [0.15, 0.2) is 24.3 Å². The van der Waals surface area contributed by atoms with E-state index >= 15 is 0 Å². The Morgan fingerprint density at radius 2 is 1.97 bits per heavy atom. The van der Waals surface area contributed by atoms with E-state index in [4.69, 9.17) is 9.84 Å². The second kappa shape index (κ2) is 19.8. The van der Waals surface area contributed by atoms with Crippen LogP contribution in [0.25, 0.3) is 0 Å². The number of nitrogens with zero attached hydrogens (tertiary/aromatic N) is 1. The molecule has 7 nitrogen and oxygen atoms in total. The zero-order chi connectivity index (χ0) is 26.5. The molecule has 1 aliphatic rings. The van der Waals surface area contributed by atoms with Crippen LogP contribution in [0.2, 0.25) is 0 Å². The molecule has 10 heteroatoms. The van der Waals surface area contributed by atoms with Crippen molar-refractivity contribution in [2.24, 2.45) is 0 Å². The van der Waals surface area contributed by atoms with Gasteiger partial charge in [0.2, 0.25) is 0 Å². The van der Waals surface area contributed by atoms with Crippen molar-refractivity contribution in [2.75, 3.05) is 53.0 Å². The normalized spacial score (nSPS) is 13.4. The molecule has 0 bridgehead atoms. The number of nitrogens with one attached hydrogen (secondary N) is 2. The molecule has 0 unspecified atom stereocenters. The number of carbonyl (C=O) groups excluding carboxylic acids is 2. The summed E-state index contributed by atoms with van der Waals surface area (Å²) in [5.74, 6) is 4.22. The maximum Gasteiger partial charge on any atom is 0.416 e. The van der Waals surface area contributed by atoms with Crippen molar-refractivity contribution in [3.8, 4) is 11.8 Å². The van der Waals surface area contributed by atoms with Gasteiger partial charge in [0.05, 0.1) is 12.1 Å². The number of benzene rings is 1. The van der Waals surface area contributed by atoms with Gasteiger partial charge in [-0.3, -0.25) is 9.69 Å². The highest BCUT2D eigenvalue weighted by atomic mass is 19.4. The largest absolute Gasteiger partial charge is 0.416 e. The number of hydrogen-bond donors (Lipinski definition) is 3. The lowest BCUT2D eigenvalue weighted by atomic mass is 10.1. The van der Waals surface area contributed by atoms with Crippen molar-refractivity contribution < 1.29 is 32.6 Å². The summed E-state index contributed by atoms with van der Waals surface area (Å²) in [7, 11) is 2.02. The monoisotopic (exact) mass is 501 g/mol. The Bertz CT molecular complexity index is 773. The number of rotatable bonds is 9. The van der Waals surface area contributed by atoms with Gasteiger partial charge >= 0.3 is 6.18 Å². The molecule has 3 N–H and O–H groups in total. The van der Waals surface area contributed by atoms with E-state index in [1.54, 1.807) is 6.92 Å². The van der Waals surface area contributed by atoms with E-state index in [9.17, 15) is 22.8 Å². The molecular weight excluding hydrogens is 463 g/mol. The minimum Gasteiger partial charge on any atom is -0.384 e. The van der Waals surface area contributed by atoms with Crippen molar-refractivity contribution in [3.05, 3.63) is 35.4 Å². The summed E-state index contributed by atoms with van der Waals surface area (Å²) in [4.78, 5) is 23.8. The van der Waals surface area contributed by atoms with Crippen molar-refractivity contribution in [3.63, 3.8) is 0 Å². The molecular formula is C25H38F3N3O4. The molecule has 0 saturated carbocycles. The van der Waals surface area contributed by atoms with Gasteiger partial charge in [0.25, 0.3) is 5.91 Å². The van der Waals surface area contributed by atoms with E-state index in [0.717, 1.165) is 44.0 Å². The number of ether oxygens (including phenoxy) is 1. The molecule has 35 heavy (non-hydrogen) atoms. The predicted octanol–water partition coefficient (Wildman–Crippen LogP) is 2.73. The van der Waals surface area contributed by atoms with Gasteiger partial charge in [-0.05, 0) is 58.0 Å². The summed E-state index contributed by atoms with van der Waals surface area (Å²) in [6.07, 6.45) is -0.360. The summed E-state index contributed by atoms with van der Waals surface area (Å²) in [5.41, 5.74) is -1.03. The molecule has 0 radical (unpaired) electrons. The van der Waals surface area contributed by atoms with Crippen LogP contribution < -0.4 is 10.6 Å². The van der Waals surface area contributed by atoms with Crippen LogP contribution in [0, 0.1) is 11.8 Å². The van der Waals surface area contributed by atoms with Crippen LogP contribution in [0.4, 0.5) is 13.2 Å². The lowest BCUT2D eigenvalue weighted by Gasteiger charge is -2.34. The van der Waals surface area contributed by atoms with Crippen molar-refractivity contribution in [1.29, 1.82) is 0 Å². The first-order chi connectivity index (χ1) is 16.7. The number of aldehydes is 1. The topological polar surface area (TPSA) is 90.9 Å². The summed E-state index contributed by atoms with van der Waals surface area (Å²) in [6, 6.07) is 4.75. The predicted molar refractivity (Wildman–Crippen MR) is 130 cm³/mol. The van der Waals surface area contributed by atoms with Gasteiger partial charge in [-0.1, -0.05) is 18.9 Å². The molecule has 1 heterocycles. The van der Waals surface area contributed by atoms with Crippen LogP contribution in [-0.4, -0.2) is 81.3 Å². The minimum absolute atomic E-state index is 0.0174. The Labute approximate surface area is 206 Å². The van der Waals surface area contributed by atoms with E-state index < -0.39 is 17.6 Å². The number of alkyl halides is 3. The van der Waals surface area contributed by atoms with E-state index in [1.807, 2.05) is 7.05 Å². The first-order valence-electron chi connectivity index (χ1n) is 11.6. The lowest BCUT2D eigenvalue weighted by molar-refractivity contribution is -0.137. The molecule has 1 aromatic carbocycles. The number of halogens is 3. The maximum absolute atomic E-state index is 12.3. The van der Waals surface area contributed by atoms with Gasteiger partial charge < -0.3 is 25.3 Å². The fourth-order valence-electron chi connectivity index (χ4n) is 3.22. The van der Waals surface area contributed by atoms with E-state index in [-0.39, 0.29) is 18.7 Å². The summed E-state index contributed by atoms with van der Waals surface area (Å²) >= 11 is 0. The number of aliphatic hydroxyl groups excluding tert-OH is 1. The summed E-state index contributed by atoms with van der Waals surface area (Å²) in [6.45, 7) is 9.10. The third-order valence-corrected chi connectivity index (χ3v) is 4.92. The molecule has 0 aliphatic carbocycles. The third-order valence-electron chi connectivity index (χ3n) is 4.92. The van der Waals surface area contributed by atoms with Crippen molar-refractivity contribution in [1.82, 2.24) is 15.5 Å². The second-order valence-electron chi connectivity index (χ2n) is 7.52. The number of carbonyl (C=O) groups is 2. The number of amides is 1. The molecule has 1 fully saturated rings. The SMILES string of the molecule is CC#CCO.CCCN(CCNC)C1CCOCC1.O=CCNC(=O)c1cccc(C(F)(F)F)c1. The van der Waals surface area contributed by atoms with Crippen molar-refractivity contribution >= 4 is 12.2 Å². The number of aliphatic hydroxyl groups is 1. The van der Waals surface area contributed by atoms with Gasteiger partial charge in [0.1, 0.15) is 12.9 Å². The molecule has 0 aromatic heterocycles. The highest BCUT2D eigenvalue weighted by molar-refractivity contribution is 5.95. The standard InChI is InChI=1S/C11H24N2O.C10H8F3NO2.C4H6O/c1-3-7-13(8-6-12-2)11-4-9-14-10-5-11;11-10(12,13)8-3-1-2-7(6-8)9(16)14-4-5-15;1-2-3-4-5/h11-12H,3-10H2,1-2H3;1-3,5-6H,4H2,(H,14,16);5H,4H2,1H3. The average Bonchev–Trinajstić information content (AvgIpc) is 2.86. The van der Waals surface area contributed by atoms with Crippen LogP contribution in [0.1, 0.15) is 49.0 Å². The highest BCUT2D eigenvalue weighted by Gasteiger charge is 2.30. The summed E-state index contributed by atoms with van der Waals surface area (Å²) < 4.78 is 42.3. The quantitative estimate of drug-likeness (QED) is 0.356. The number of likely N-dealkylation sites (N-methyl/N-ethyl adjacent to an activating group) is 1. The average molecular weight is 502 g/mol. The first-order valence-corrected chi connectivity index (χ1v) is 11.6. The molecule has 1 aromatic rings. The Hall–Kier alpha value is -2.45. The Balaban J connectivity index is 0.000000558. The Kier molecular flexibility index (Phi) is 18.4. The van der Waals surface area contributed by atoms with Crippen molar-refractivity contribution in [2.45, 2.75) is 45.3 Å². The van der Waals surface area contributed by atoms with Gasteiger partial charge in [-0.25, -0.2) is 0 Å². The molecule has 0 atom stereocenters. The fourth-order valence-corrected chi connectivity index (χ4v) is 3.22. The van der Waals surface area contributed by atoms with Gasteiger partial charge in [0, 0.05) is 37.9 Å². The molecule has 1 amide bonds. The lowest BCUT2D eigenvalue weighted by Crippen LogP contribution is -2.42. The maximum atomic E-state index is 12.3. The third kappa shape index (κ3) is 15.2. The zero-order valence-electron chi connectivity index (χ0n) is 20.8. The molecule has 1 aliphatic heterocycles. The molecule has 198 valence electrons. The first kappa shape index (κ1) is 32.5. The van der Waals surface area contributed by atoms with E-state index in [2.05, 4.69) is 34.3 Å². The molecule has 0 spiro atoms. The highest BCUT2D eigenvalue weighted by Crippen LogP contribution is 2.29. The Morgan fingerprint density at radius 3 is 2.46 bits per heavy atom.